The average Bonchev–Trinajstić information content (AvgIpc) is 2.81. The lowest BCUT2D eigenvalue weighted by Crippen LogP contribution is -2.41. The fourth-order valence-electron chi connectivity index (χ4n) is 1.69. The molecule has 2 rings (SSSR count). The molecule has 1 saturated heterocycles. The number of thioether (sulfide) groups is 1. The minimum absolute atomic E-state index is 0.307. The van der Waals surface area contributed by atoms with E-state index in [1.54, 1.807) is 6.07 Å². The third-order valence-electron chi connectivity index (χ3n) is 2.67. The molecule has 1 aliphatic rings. The smallest absolute Gasteiger partial charge is 0.327 e. The van der Waals surface area contributed by atoms with Crippen LogP contribution in [0.15, 0.2) is 18.2 Å². The van der Waals surface area contributed by atoms with Gasteiger partial charge in [-0.15, -0.1) is 11.8 Å². The van der Waals surface area contributed by atoms with Crippen molar-refractivity contribution in [2.45, 2.75) is 6.04 Å². The highest BCUT2D eigenvalue weighted by atomic mass is 35.5. The normalized spacial score (nSPS) is 18.9. The first kappa shape index (κ1) is 13.0. The van der Waals surface area contributed by atoms with Crippen LogP contribution in [0.2, 0.25) is 5.02 Å². The van der Waals surface area contributed by atoms with Gasteiger partial charge in [0.25, 0.3) is 5.91 Å². The second-order valence-electron chi connectivity index (χ2n) is 3.87. The molecule has 0 saturated carbocycles. The number of nitrogens with zero attached hydrogens (tertiary/aromatic N) is 1. The number of carbonyl (C=O) groups excluding carboxylic acids is 1. The minimum Gasteiger partial charge on any atom is -0.480 e. The molecule has 1 aromatic carbocycles. The van der Waals surface area contributed by atoms with E-state index >= 15 is 0 Å². The van der Waals surface area contributed by atoms with Gasteiger partial charge in [-0.1, -0.05) is 11.6 Å². The zero-order chi connectivity index (χ0) is 13.3. The zero-order valence-electron chi connectivity index (χ0n) is 9.30. The molecule has 0 radical (unpaired) electrons. The predicted molar refractivity (Wildman–Crippen MR) is 70.8 cm³/mol. The molecule has 3 N–H and O–H groups in total. The average molecular weight is 287 g/mol. The molecule has 7 heteroatoms. The number of nitrogen functional groups attached to an aromatic ring is 1. The molecule has 0 aromatic heterocycles. The monoisotopic (exact) mass is 286 g/mol. The number of carbonyl (C=O) groups is 2. The summed E-state index contributed by atoms with van der Waals surface area (Å²) < 4.78 is 0. The molecule has 1 fully saturated rings. The molecule has 0 spiro atoms. The Bertz CT molecular complexity index is 509. The van der Waals surface area contributed by atoms with Crippen LogP contribution in [0.5, 0.6) is 0 Å². The van der Waals surface area contributed by atoms with Crippen LogP contribution in [0.25, 0.3) is 0 Å². The van der Waals surface area contributed by atoms with Crippen LogP contribution >= 0.6 is 23.4 Å². The maximum absolute atomic E-state index is 12.2. The van der Waals surface area contributed by atoms with Gasteiger partial charge in [0.1, 0.15) is 6.04 Å². The molecule has 18 heavy (non-hydrogen) atoms. The molecule has 5 nitrogen and oxygen atoms in total. The molecule has 1 aliphatic heterocycles. The lowest BCUT2D eigenvalue weighted by molar-refractivity contribution is -0.140. The van der Waals surface area contributed by atoms with Crippen molar-refractivity contribution >= 4 is 40.9 Å². The van der Waals surface area contributed by atoms with E-state index in [9.17, 15) is 9.59 Å². The topological polar surface area (TPSA) is 83.6 Å². The summed E-state index contributed by atoms with van der Waals surface area (Å²) >= 11 is 7.19. The van der Waals surface area contributed by atoms with Gasteiger partial charge in [0.15, 0.2) is 0 Å². The first-order valence-electron chi connectivity index (χ1n) is 5.17. The molecular weight excluding hydrogens is 276 g/mol. The number of benzene rings is 1. The third-order valence-corrected chi connectivity index (χ3v) is 4.03. The molecule has 1 aromatic rings. The molecule has 1 amide bonds. The van der Waals surface area contributed by atoms with Crippen LogP contribution in [-0.4, -0.2) is 39.6 Å². The Labute approximate surface area is 113 Å². The van der Waals surface area contributed by atoms with Crippen molar-refractivity contribution < 1.29 is 14.7 Å². The summed E-state index contributed by atoms with van der Waals surface area (Å²) in [6.45, 7) is 0. The van der Waals surface area contributed by atoms with Crippen LogP contribution in [0.3, 0.4) is 0 Å². The molecule has 96 valence electrons. The van der Waals surface area contributed by atoms with Crippen molar-refractivity contribution in [3.63, 3.8) is 0 Å². The van der Waals surface area contributed by atoms with Gasteiger partial charge in [-0.2, -0.15) is 0 Å². The number of carboxylic acids is 1. The van der Waals surface area contributed by atoms with Crippen molar-refractivity contribution in [2.75, 3.05) is 17.4 Å². The van der Waals surface area contributed by atoms with Crippen LogP contribution < -0.4 is 5.73 Å². The number of carboxylic acid groups (broad SMARTS) is 1. The Kier molecular flexibility index (Phi) is 3.68. The Morgan fingerprint density at radius 1 is 1.50 bits per heavy atom. The lowest BCUT2D eigenvalue weighted by Gasteiger charge is -2.20. The van der Waals surface area contributed by atoms with Crippen molar-refractivity contribution in [2.24, 2.45) is 0 Å². The number of anilines is 1. The van der Waals surface area contributed by atoms with Crippen LogP contribution in [-0.2, 0) is 4.79 Å². The first-order chi connectivity index (χ1) is 8.50. The van der Waals surface area contributed by atoms with Crippen molar-refractivity contribution in [3.8, 4) is 0 Å². The fourth-order valence-corrected chi connectivity index (χ4v) is 2.95. The molecule has 0 aliphatic carbocycles. The van der Waals surface area contributed by atoms with E-state index in [-0.39, 0.29) is 5.91 Å². The van der Waals surface area contributed by atoms with Crippen LogP contribution in [0.4, 0.5) is 5.69 Å². The summed E-state index contributed by atoms with van der Waals surface area (Å²) in [5, 5.41) is 9.40. The number of rotatable bonds is 2. The van der Waals surface area contributed by atoms with Gasteiger partial charge in [-0.3, -0.25) is 4.79 Å². The van der Waals surface area contributed by atoms with Gasteiger partial charge in [0.2, 0.25) is 0 Å². The Morgan fingerprint density at radius 3 is 2.83 bits per heavy atom. The fraction of sp³-hybridized carbons (Fsp3) is 0.273. The Hall–Kier alpha value is -1.40. The van der Waals surface area contributed by atoms with E-state index in [1.165, 1.54) is 28.8 Å². The van der Waals surface area contributed by atoms with E-state index in [4.69, 9.17) is 22.4 Å². The largest absolute Gasteiger partial charge is 0.480 e. The number of halogens is 1. The summed E-state index contributed by atoms with van der Waals surface area (Å²) in [5.41, 5.74) is 6.29. The van der Waals surface area contributed by atoms with E-state index in [0.29, 0.717) is 27.9 Å². The molecular formula is C11H11ClN2O3S. The van der Waals surface area contributed by atoms with Gasteiger partial charge in [0, 0.05) is 11.3 Å². The first-order valence-corrected chi connectivity index (χ1v) is 6.70. The predicted octanol–water partition coefficient (Wildman–Crippen LogP) is 1.52. The zero-order valence-corrected chi connectivity index (χ0v) is 10.9. The van der Waals surface area contributed by atoms with E-state index in [0.717, 1.165) is 0 Å². The van der Waals surface area contributed by atoms with Crippen LogP contribution in [0, 0.1) is 0 Å². The summed E-state index contributed by atoms with van der Waals surface area (Å²) in [7, 11) is 0. The second kappa shape index (κ2) is 5.07. The third kappa shape index (κ3) is 2.39. The number of hydrogen-bond donors (Lipinski definition) is 2. The van der Waals surface area contributed by atoms with E-state index in [2.05, 4.69) is 0 Å². The maximum atomic E-state index is 12.2. The number of aliphatic carboxylic acids is 1. The summed E-state index contributed by atoms with van der Waals surface area (Å²) in [6.07, 6.45) is 0. The van der Waals surface area contributed by atoms with Gasteiger partial charge in [-0.25, -0.2) is 4.79 Å². The molecule has 0 bridgehead atoms. The van der Waals surface area contributed by atoms with Gasteiger partial charge < -0.3 is 15.7 Å². The quantitative estimate of drug-likeness (QED) is 0.806. The number of hydrogen-bond acceptors (Lipinski definition) is 4. The summed E-state index contributed by atoms with van der Waals surface area (Å²) in [6, 6.07) is 3.76. The highest BCUT2D eigenvalue weighted by molar-refractivity contribution is 7.99. The second-order valence-corrected chi connectivity index (χ2v) is 5.27. The molecule has 1 heterocycles. The van der Waals surface area contributed by atoms with Crippen molar-refractivity contribution in [1.82, 2.24) is 4.90 Å². The van der Waals surface area contributed by atoms with E-state index in [1.807, 2.05) is 0 Å². The summed E-state index contributed by atoms with van der Waals surface area (Å²) in [4.78, 5) is 24.5. The number of nitrogens with two attached hydrogens (primary N) is 1. The minimum atomic E-state index is -0.990. The van der Waals surface area contributed by atoms with Crippen molar-refractivity contribution in [3.05, 3.63) is 28.8 Å². The Morgan fingerprint density at radius 2 is 2.22 bits per heavy atom. The summed E-state index contributed by atoms with van der Waals surface area (Å²) in [5.74, 6) is -0.547. The Balaban J connectivity index is 2.25. The van der Waals surface area contributed by atoms with E-state index < -0.39 is 12.0 Å². The standard InChI is InChI=1S/C11H11ClN2O3S/c12-7-2-1-6(3-8(7)13)10(15)14-5-18-4-9(14)11(16)17/h1-3,9H,4-5,13H2,(H,16,17)/t9-/m0/s1. The SMILES string of the molecule is Nc1cc(C(=O)N2CSC[C@H]2C(=O)O)ccc1Cl. The van der Waals surface area contributed by atoms with Crippen molar-refractivity contribution in [1.29, 1.82) is 0 Å². The molecule has 1 atom stereocenters. The maximum Gasteiger partial charge on any atom is 0.327 e. The van der Waals surface area contributed by atoms with Gasteiger partial charge >= 0.3 is 5.97 Å². The molecule has 0 unspecified atom stereocenters. The number of amides is 1. The van der Waals surface area contributed by atoms with Gasteiger partial charge in [-0.05, 0) is 18.2 Å². The highest BCUT2D eigenvalue weighted by Gasteiger charge is 2.35. The van der Waals surface area contributed by atoms with Crippen LogP contribution in [0.1, 0.15) is 10.4 Å². The highest BCUT2D eigenvalue weighted by Crippen LogP contribution is 2.25. The lowest BCUT2D eigenvalue weighted by atomic mass is 10.1. The van der Waals surface area contributed by atoms with Gasteiger partial charge in [0.05, 0.1) is 16.6 Å².